The second-order valence-electron chi connectivity index (χ2n) is 12.5. The number of hydrogen-bond donors (Lipinski definition) is 0. The molecule has 0 saturated carbocycles. The van der Waals surface area contributed by atoms with Gasteiger partial charge in [0.05, 0.1) is 11.1 Å². The summed E-state index contributed by atoms with van der Waals surface area (Å²) in [5.74, 6) is 0. The number of benzene rings is 8. The molecule has 0 saturated heterocycles. The predicted octanol–water partition coefficient (Wildman–Crippen LogP) is 13.4. The van der Waals surface area contributed by atoms with Gasteiger partial charge in [0.1, 0.15) is 22.3 Å². The van der Waals surface area contributed by atoms with E-state index in [2.05, 4.69) is 157 Å². The Morgan fingerprint density at radius 2 is 0.959 bits per heavy atom. The van der Waals surface area contributed by atoms with Crippen LogP contribution in [0.1, 0.15) is 0 Å². The summed E-state index contributed by atoms with van der Waals surface area (Å²) in [4.78, 5) is 2.35. The van der Waals surface area contributed by atoms with E-state index in [0.717, 1.165) is 72.1 Å². The number of hydrogen-bond acceptors (Lipinski definition) is 3. The van der Waals surface area contributed by atoms with Gasteiger partial charge in [-0.2, -0.15) is 0 Å². The third-order valence-electron chi connectivity index (χ3n) is 9.65. The minimum Gasteiger partial charge on any atom is -0.456 e. The van der Waals surface area contributed by atoms with Crippen molar-refractivity contribution in [2.45, 2.75) is 0 Å². The molecule has 3 nitrogen and oxygen atoms in total. The monoisotopic (exact) mass is 627 g/mol. The third-order valence-corrected chi connectivity index (χ3v) is 9.65. The van der Waals surface area contributed by atoms with Gasteiger partial charge in [-0.3, -0.25) is 0 Å². The summed E-state index contributed by atoms with van der Waals surface area (Å²) in [5, 5.41) is 6.91. The van der Waals surface area contributed by atoms with Crippen molar-refractivity contribution in [3.8, 4) is 22.3 Å². The second-order valence-corrected chi connectivity index (χ2v) is 12.5. The molecule has 10 aromatic rings. The lowest BCUT2D eigenvalue weighted by Crippen LogP contribution is -2.10. The molecule has 0 amide bonds. The molecule has 0 fully saturated rings. The van der Waals surface area contributed by atoms with Crippen LogP contribution >= 0.6 is 0 Å². The largest absolute Gasteiger partial charge is 0.456 e. The molecule has 2 heterocycles. The van der Waals surface area contributed by atoms with E-state index in [9.17, 15) is 0 Å². The summed E-state index contributed by atoms with van der Waals surface area (Å²) in [6.07, 6.45) is 0. The molecule has 3 heteroatoms. The lowest BCUT2D eigenvalue weighted by Gasteiger charge is -2.27. The van der Waals surface area contributed by atoms with E-state index in [1.807, 2.05) is 24.3 Å². The van der Waals surface area contributed by atoms with Crippen molar-refractivity contribution in [3.63, 3.8) is 0 Å². The maximum absolute atomic E-state index is 6.36. The number of furan rings is 2. The van der Waals surface area contributed by atoms with Gasteiger partial charge in [-0.1, -0.05) is 115 Å². The molecule has 0 aliphatic rings. The van der Waals surface area contributed by atoms with E-state index in [1.165, 1.54) is 21.9 Å². The van der Waals surface area contributed by atoms with E-state index in [-0.39, 0.29) is 0 Å². The van der Waals surface area contributed by atoms with Gasteiger partial charge in [-0.25, -0.2) is 0 Å². The van der Waals surface area contributed by atoms with Crippen LogP contribution in [0.2, 0.25) is 0 Å². The van der Waals surface area contributed by atoms with Crippen molar-refractivity contribution in [1.82, 2.24) is 0 Å². The van der Waals surface area contributed by atoms with Crippen LogP contribution in [0.4, 0.5) is 17.1 Å². The molecule has 0 aliphatic heterocycles. The molecule has 49 heavy (non-hydrogen) atoms. The van der Waals surface area contributed by atoms with Gasteiger partial charge in [0.25, 0.3) is 0 Å². The molecule has 2 aromatic heterocycles. The van der Waals surface area contributed by atoms with Gasteiger partial charge < -0.3 is 13.7 Å². The molecule has 8 aromatic carbocycles. The molecule has 0 aliphatic carbocycles. The SMILES string of the molecule is c1cc(-c2cccc3oc4ccccc4c23)cc(N(c2ccc(-c3ccc4ccccc4c3)cc2)c2cccc3oc4ccccc4c23)c1. The van der Waals surface area contributed by atoms with Crippen LogP contribution in [-0.4, -0.2) is 0 Å². The fourth-order valence-electron chi connectivity index (χ4n) is 7.37. The Labute approximate surface area is 282 Å². The first-order chi connectivity index (χ1) is 24.3. The highest BCUT2D eigenvalue weighted by Crippen LogP contribution is 2.45. The fourth-order valence-corrected chi connectivity index (χ4v) is 7.37. The topological polar surface area (TPSA) is 29.5 Å². The highest BCUT2D eigenvalue weighted by molar-refractivity contribution is 6.14. The summed E-state index contributed by atoms with van der Waals surface area (Å²) in [6, 6.07) is 62.1. The fraction of sp³-hybridized carbons (Fsp3) is 0. The predicted molar refractivity (Wildman–Crippen MR) is 204 cm³/mol. The van der Waals surface area contributed by atoms with Crippen molar-refractivity contribution in [2.75, 3.05) is 4.90 Å². The van der Waals surface area contributed by atoms with Crippen molar-refractivity contribution < 1.29 is 8.83 Å². The molecule has 0 atom stereocenters. The first-order valence-corrected chi connectivity index (χ1v) is 16.6. The highest BCUT2D eigenvalue weighted by Gasteiger charge is 2.20. The van der Waals surface area contributed by atoms with Gasteiger partial charge >= 0.3 is 0 Å². The Hall–Kier alpha value is -6.58. The average Bonchev–Trinajstić information content (AvgIpc) is 3.74. The molecular weight excluding hydrogens is 599 g/mol. The molecule has 0 N–H and O–H groups in total. The van der Waals surface area contributed by atoms with Gasteiger partial charge in [-0.05, 0) is 93.7 Å². The minimum absolute atomic E-state index is 0.863. The van der Waals surface area contributed by atoms with Crippen molar-refractivity contribution in [3.05, 3.63) is 176 Å². The highest BCUT2D eigenvalue weighted by atomic mass is 16.3. The van der Waals surface area contributed by atoms with Crippen LogP contribution in [0.3, 0.4) is 0 Å². The van der Waals surface area contributed by atoms with Gasteiger partial charge in [0.15, 0.2) is 0 Å². The Bertz CT molecular complexity index is 2840. The maximum atomic E-state index is 6.36. The van der Waals surface area contributed by atoms with Crippen molar-refractivity contribution >= 4 is 71.7 Å². The lowest BCUT2D eigenvalue weighted by atomic mass is 9.98. The second kappa shape index (κ2) is 11.0. The molecular formula is C46H29NO2. The Morgan fingerprint density at radius 3 is 1.76 bits per heavy atom. The molecule has 0 unspecified atom stereocenters. The molecule has 230 valence electrons. The van der Waals surface area contributed by atoms with Crippen LogP contribution in [0, 0.1) is 0 Å². The van der Waals surface area contributed by atoms with E-state index < -0.39 is 0 Å². The Balaban J connectivity index is 1.17. The third kappa shape index (κ3) is 4.51. The Morgan fingerprint density at radius 1 is 0.347 bits per heavy atom. The van der Waals surface area contributed by atoms with Gasteiger partial charge in [0.2, 0.25) is 0 Å². The van der Waals surface area contributed by atoms with Gasteiger partial charge in [-0.15, -0.1) is 0 Å². The van der Waals surface area contributed by atoms with Crippen LogP contribution in [0.25, 0.3) is 76.9 Å². The quantitative estimate of drug-likeness (QED) is 0.190. The first-order valence-electron chi connectivity index (χ1n) is 16.6. The van der Waals surface area contributed by atoms with Crippen LogP contribution < -0.4 is 4.90 Å². The zero-order chi connectivity index (χ0) is 32.3. The van der Waals surface area contributed by atoms with E-state index in [0.29, 0.717) is 0 Å². The molecule has 10 rings (SSSR count). The molecule has 0 spiro atoms. The standard InChI is InChI=1S/C46H29NO2/c1-2-11-32-28-33(23-22-30(32)10-1)31-24-26-35(27-25-31)47(40-17-9-21-44-46(40)39-15-4-6-19-42(39)49-44)36-13-7-12-34(29-36)37-16-8-20-43-45(37)38-14-3-5-18-41(38)48-43/h1-29H. The number of nitrogens with zero attached hydrogens (tertiary/aromatic N) is 1. The number of fused-ring (bicyclic) bond motifs is 7. The zero-order valence-electron chi connectivity index (χ0n) is 26.5. The van der Waals surface area contributed by atoms with Crippen LogP contribution in [-0.2, 0) is 0 Å². The van der Waals surface area contributed by atoms with Gasteiger partial charge in [0, 0.05) is 27.5 Å². The van der Waals surface area contributed by atoms with E-state index in [1.54, 1.807) is 0 Å². The summed E-state index contributed by atoms with van der Waals surface area (Å²) < 4.78 is 12.6. The number of rotatable bonds is 5. The van der Waals surface area contributed by atoms with Crippen molar-refractivity contribution in [1.29, 1.82) is 0 Å². The molecule has 0 bridgehead atoms. The summed E-state index contributed by atoms with van der Waals surface area (Å²) in [6.45, 7) is 0. The van der Waals surface area contributed by atoms with E-state index in [4.69, 9.17) is 8.83 Å². The van der Waals surface area contributed by atoms with Crippen molar-refractivity contribution in [2.24, 2.45) is 0 Å². The summed E-state index contributed by atoms with van der Waals surface area (Å²) in [7, 11) is 0. The lowest BCUT2D eigenvalue weighted by molar-refractivity contribution is 0.668. The summed E-state index contributed by atoms with van der Waals surface area (Å²) >= 11 is 0. The first kappa shape index (κ1) is 27.5. The zero-order valence-corrected chi connectivity index (χ0v) is 26.5. The van der Waals surface area contributed by atoms with Crippen LogP contribution in [0.5, 0.6) is 0 Å². The molecule has 0 radical (unpaired) electrons. The smallest absolute Gasteiger partial charge is 0.137 e. The van der Waals surface area contributed by atoms with E-state index >= 15 is 0 Å². The summed E-state index contributed by atoms with van der Waals surface area (Å²) in [5.41, 5.74) is 11.3. The Kier molecular flexibility index (Phi) is 6.18. The van der Waals surface area contributed by atoms with Crippen LogP contribution in [0.15, 0.2) is 185 Å². The minimum atomic E-state index is 0.863. The average molecular weight is 628 g/mol. The number of para-hydroxylation sites is 2. The number of anilines is 3. The maximum Gasteiger partial charge on any atom is 0.137 e. The normalized spacial score (nSPS) is 11.7.